The van der Waals surface area contributed by atoms with Crippen molar-refractivity contribution in [2.45, 2.75) is 33.2 Å². The maximum absolute atomic E-state index is 5.22. The summed E-state index contributed by atoms with van der Waals surface area (Å²) in [7, 11) is 3.99. The summed E-state index contributed by atoms with van der Waals surface area (Å²) in [5.74, 6) is 0.703. The molecule has 1 aliphatic rings. The fourth-order valence-corrected chi connectivity index (χ4v) is 2.12. The lowest BCUT2D eigenvalue weighted by Crippen LogP contribution is -2.23. The van der Waals surface area contributed by atoms with Gasteiger partial charge in [0.15, 0.2) is 0 Å². The van der Waals surface area contributed by atoms with Crippen LogP contribution in [0, 0.1) is 11.3 Å². The quantitative estimate of drug-likeness (QED) is 0.665. The Kier molecular flexibility index (Phi) is 4.35. The minimum absolute atomic E-state index is 0.292. The number of methoxy groups -OCH3 is 1. The first kappa shape index (κ1) is 12.7. The SMILES string of the molecule is COC[C@@H]1CC(/C=C/C(C)(C)C)N(C)C1. The fourth-order valence-electron chi connectivity index (χ4n) is 2.12. The molecule has 0 N–H and O–H groups in total. The fraction of sp³-hybridized carbons (Fsp3) is 0.846. The number of hydrogen-bond acceptors (Lipinski definition) is 2. The van der Waals surface area contributed by atoms with Gasteiger partial charge in [0.2, 0.25) is 0 Å². The van der Waals surface area contributed by atoms with Crippen LogP contribution in [-0.2, 0) is 4.74 Å². The van der Waals surface area contributed by atoms with Gasteiger partial charge in [0, 0.05) is 19.7 Å². The molecule has 0 amide bonds. The van der Waals surface area contributed by atoms with E-state index in [1.807, 2.05) is 0 Å². The highest BCUT2D eigenvalue weighted by Crippen LogP contribution is 2.24. The van der Waals surface area contributed by atoms with Crippen LogP contribution in [-0.4, -0.2) is 38.3 Å². The van der Waals surface area contributed by atoms with Crippen LogP contribution >= 0.6 is 0 Å². The molecule has 1 saturated heterocycles. The number of ether oxygens (including phenoxy) is 1. The van der Waals surface area contributed by atoms with Gasteiger partial charge in [-0.05, 0) is 24.8 Å². The Bertz CT molecular complexity index is 217. The second-order valence-corrected chi connectivity index (χ2v) is 5.79. The number of nitrogens with zero attached hydrogens (tertiary/aromatic N) is 1. The Hall–Kier alpha value is -0.340. The average Bonchev–Trinajstić information content (AvgIpc) is 2.42. The molecule has 0 saturated carbocycles. The summed E-state index contributed by atoms with van der Waals surface area (Å²) < 4.78 is 5.22. The van der Waals surface area contributed by atoms with E-state index >= 15 is 0 Å². The molecular formula is C13H25NO. The topological polar surface area (TPSA) is 12.5 Å². The largest absolute Gasteiger partial charge is 0.384 e. The maximum atomic E-state index is 5.22. The van der Waals surface area contributed by atoms with Crippen molar-refractivity contribution in [3.63, 3.8) is 0 Å². The molecular weight excluding hydrogens is 186 g/mol. The minimum Gasteiger partial charge on any atom is -0.384 e. The average molecular weight is 211 g/mol. The number of likely N-dealkylation sites (N-methyl/N-ethyl adjacent to an activating group) is 1. The van der Waals surface area contributed by atoms with Crippen LogP contribution in [0.4, 0.5) is 0 Å². The third-order valence-electron chi connectivity index (χ3n) is 2.91. The Labute approximate surface area is 94.3 Å². The lowest BCUT2D eigenvalue weighted by molar-refractivity contribution is 0.155. The van der Waals surface area contributed by atoms with Crippen LogP contribution in [0.1, 0.15) is 27.2 Å². The van der Waals surface area contributed by atoms with Gasteiger partial charge < -0.3 is 4.74 Å². The predicted molar refractivity (Wildman–Crippen MR) is 65.0 cm³/mol. The zero-order valence-corrected chi connectivity index (χ0v) is 10.8. The summed E-state index contributed by atoms with van der Waals surface area (Å²) in [5.41, 5.74) is 0.292. The Morgan fingerprint density at radius 2 is 2.07 bits per heavy atom. The smallest absolute Gasteiger partial charge is 0.0503 e. The predicted octanol–water partition coefficient (Wildman–Crippen LogP) is 2.56. The molecule has 2 nitrogen and oxygen atoms in total. The molecule has 1 aliphatic heterocycles. The zero-order valence-electron chi connectivity index (χ0n) is 10.8. The van der Waals surface area contributed by atoms with Gasteiger partial charge in [-0.25, -0.2) is 0 Å². The molecule has 1 heterocycles. The molecule has 0 aromatic heterocycles. The van der Waals surface area contributed by atoms with Crippen molar-refractivity contribution >= 4 is 0 Å². The van der Waals surface area contributed by atoms with E-state index in [2.05, 4.69) is 44.9 Å². The van der Waals surface area contributed by atoms with Crippen molar-refractivity contribution in [2.75, 3.05) is 27.3 Å². The Morgan fingerprint density at radius 3 is 2.60 bits per heavy atom. The maximum Gasteiger partial charge on any atom is 0.0503 e. The van der Waals surface area contributed by atoms with E-state index in [1.165, 1.54) is 6.42 Å². The van der Waals surface area contributed by atoms with Gasteiger partial charge in [0.1, 0.15) is 0 Å². The molecule has 2 heteroatoms. The van der Waals surface area contributed by atoms with Gasteiger partial charge >= 0.3 is 0 Å². The first-order valence-electron chi connectivity index (χ1n) is 5.81. The van der Waals surface area contributed by atoms with E-state index < -0.39 is 0 Å². The molecule has 1 rings (SSSR count). The van der Waals surface area contributed by atoms with E-state index in [4.69, 9.17) is 4.74 Å². The monoisotopic (exact) mass is 211 g/mol. The molecule has 0 spiro atoms. The lowest BCUT2D eigenvalue weighted by atomic mass is 9.94. The summed E-state index contributed by atoms with van der Waals surface area (Å²) in [5, 5.41) is 0. The molecule has 2 atom stereocenters. The summed E-state index contributed by atoms with van der Waals surface area (Å²) in [4.78, 5) is 2.42. The van der Waals surface area contributed by atoms with Gasteiger partial charge in [-0.1, -0.05) is 32.9 Å². The highest BCUT2D eigenvalue weighted by atomic mass is 16.5. The normalized spacial score (nSPS) is 29.1. The van der Waals surface area contributed by atoms with E-state index in [0.717, 1.165) is 13.2 Å². The van der Waals surface area contributed by atoms with Crippen molar-refractivity contribution in [1.29, 1.82) is 0 Å². The van der Waals surface area contributed by atoms with Crippen LogP contribution in [0.5, 0.6) is 0 Å². The van der Waals surface area contributed by atoms with E-state index in [-0.39, 0.29) is 0 Å². The Morgan fingerprint density at radius 1 is 1.40 bits per heavy atom. The summed E-state index contributed by atoms with van der Waals surface area (Å²) in [6.07, 6.45) is 5.91. The van der Waals surface area contributed by atoms with Crippen molar-refractivity contribution in [3.8, 4) is 0 Å². The highest BCUT2D eigenvalue weighted by molar-refractivity contribution is 5.02. The van der Waals surface area contributed by atoms with Gasteiger partial charge in [0.25, 0.3) is 0 Å². The van der Waals surface area contributed by atoms with Crippen molar-refractivity contribution < 1.29 is 4.74 Å². The van der Waals surface area contributed by atoms with Gasteiger partial charge in [-0.2, -0.15) is 0 Å². The molecule has 0 bridgehead atoms. The van der Waals surface area contributed by atoms with E-state index in [1.54, 1.807) is 7.11 Å². The van der Waals surface area contributed by atoms with Crippen LogP contribution in [0.3, 0.4) is 0 Å². The number of allylic oxidation sites excluding steroid dienone is 1. The highest BCUT2D eigenvalue weighted by Gasteiger charge is 2.27. The zero-order chi connectivity index (χ0) is 11.5. The molecule has 1 fully saturated rings. The molecule has 15 heavy (non-hydrogen) atoms. The molecule has 88 valence electrons. The summed E-state index contributed by atoms with van der Waals surface area (Å²) in [6, 6.07) is 0.601. The molecule has 0 aliphatic carbocycles. The van der Waals surface area contributed by atoms with Gasteiger partial charge in [-0.15, -0.1) is 0 Å². The van der Waals surface area contributed by atoms with Gasteiger partial charge in [0.05, 0.1) is 6.61 Å². The van der Waals surface area contributed by atoms with Crippen LogP contribution in [0.2, 0.25) is 0 Å². The standard InChI is InChI=1S/C13H25NO/c1-13(2,3)7-6-12-8-11(10-15-5)9-14(12)4/h6-7,11-12H,8-10H2,1-5H3/b7-6+/t11-,12?/m1/s1. The molecule has 1 unspecified atom stereocenters. The molecule has 0 radical (unpaired) electrons. The number of hydrogen-bond donors (Lipinski definition) is 0. The van der Waals surface area contributed by atoms with E-state index in [9.17, 15) is 0 Å². The first-order chi connectivity index (χ1) is 6.92. The lowest BCUT2D eigenvalue weighted by Gasteiger charge is -2.18. The van der Waals surface area contributed by atoms with Crippen LogP contribution < -0.4 is 0 Å². The molecule has 0 aromatic rings. The summed E-state index contributed by atoms with van der Waals surface area (Å²) in [6.45, 7) is 8.78. The first-order valence-corrected chi connectivity index (χ1v) is 5.81. The van der Waals surface area contributed by atoms with Crippen LogP contribution in [0.25, 0.3) is 0 Å². The van der Waals surface area contributed by atoms with Crippen LogP contribution in [0.15, 0.2) is 12.2 Å². The summed E-state index contributed by atoms with van der Waals surface area (Å²) >= 11 is 0. The second-order valence-electron chi connectivity index (χ2n) is 5.79. The molecule has 0 aromatic carbocycles. The third kappa shape index (κ3) is 4.35. The Balaban J connectivity index is 2.47. The minimum atomic E-state index is 0.292. The third-order valence-corrected chi connectivity index (χ3v) is 2.91. The van der Waals surface area contributed by atoms with Crippen molar-refractivity contribution in [1.82, 2.24) is 4.90 Å². The number of likely N-dealkylation sites (tertiary alicyclic amines) is 1. The number of rotatable bonds is 3. The van der Waals surface area contributed by atoms with E-state index in [0.29, 0.717) is 17.4 Å². The van der Waals surface area contributed by atoms with Crippen molar-refractivity contribution in [2.24, 2.45) is 11.3 Å². The second kappa shape index (κ2) is 5.13. The van der Waals surface area contributed by atoms with Gasteiger partial charge in [-0.3, -0.25) is 4.90 Å². The van der Waals surface area contributed by atoms with Crippen molar-refractivity contribution in [3.05, 3.63) is 12.2 Å².